The predicted octanol–water partition coefficient (Wildman–Crippen LogP) is 0.374. The van der Waals surface area contributed by atoms with Gasteiger partial charge in [-0.3, -0.25) is 14.4 Å². The molecule has 108 valence electrons. The third kappa shape index (κ3) is 4.89. The number of carboxylic acid groups (broad SMARTS) is 1. The van der Waals surface area contributed by atoms with Crippen LogP contribution in [0.3, 0.4) is 0 Å². The minimum absolute atomic E-state index is 0.00672. The predicted molar refractivity (Wildman–Crippen MR) is 69.3 cm³/mol. The molecule has 0 aromatic heterocycles. The van der Waals surface area contributed by atoms with Gasteiger partial charge < -0.3 is 15.7 Å². The van der Waals surface area contributed by atoms with Crippen molar-refractivity contribution < 1.29 is 19.5 Å². The summed E-state index contributed by atoms with van der Waals surface area (Å²) in [5, 5.41) is 14.1. The standard InChI is InChI=1S/C13H22N2O4/c1-7-6-10(7)12(17)14-5-4-11(16)15-9(3)8(2)13(18)19/h7-10H,4-6H2,1-3H3,(H,14,17)(H,15,16)(H,18,19). The number of nitrogens with one attached hydrogen (secondary N) is 2. The van der Waals surface area contributed by atoms with Crippen LogP contribution in [0.5, 0.6) is 0 Å². The van der Waals surface area contributed by atoms with E-state index in [9.17, 15) is 14.4 Å². The van der Waals surface area contributed by atoms with E-state index in [0.29, 0.717) is 12.5 Å². The number of aliphatic carboxylic acids is 1. The zero-order valence-corrected chi connectivity index (χ0v) is 11.6. The largest absolute Gasteiger partial charge is 0.481 e. The molecule has 19 heavy (non-hydrogen) atoms. The zero-order valence-electron chi connectivity index (χ0n) is 11.6. The lowest BCUT2D eigenvalue weighted by Crippen LogP contribution is -2.41. The van der Waals surface area contributed by atoms with Crippen molar-refractivity contribution in [3.63, 3.8) is 0 Å². The van der Waals surface area contributed by atoms with Crippen LogP contribution < -0.4 is 10.6 Å². The quantitative estimate of drug-likeness (QED) is 0.623. The number of rotatable bonds is 7. The van der Waals surface area contributed by atoms with Crippen LogP contribution in [0, 0.1) is 17.8 Å². The second-order valence-corrected chi connectivity index (χ2v) is 5.34. The Labute approximate surface area is 112 Å². The van der Waals surface area contributed by atoms with Crippen LogP contribution >= 0.6 is 0 Å². The Morgan fingerprint density at radius 3 is 2.37 bits per heavy atom. The number of hydrogen-bond donors (Lipinski definition) is 3. The van der Waals surface area contributed by atoms with Crippen LogP contribution in [0.15, 0.2) is 0 Å². The average molecular weight is 270 g/mol. The molecule has 1 aliphatic carbocycles. The van der Waals surface area contributed by atoms with Crippen LogP contribution in [0.1, 0.15) is 33.6 Å². The van der Waals surface area contributed by atoms with Gasteiger partial charge in [0.1, 0.15) is 0 Å². The lowest BCUT2D eigenvalue weighted by molar-refractivity contribution is -0.142. The second-order valence-electron chi connectivity index (χ2n) is 5.34. The van der Waals surface area contributed by atoms with E-state index in [1.165, 1.54) is 0 Å². The maximum absolute atomic E-state index is 11.6. The van der Waals surface area contributed by atoms with Crippen molar-refractivity contribution >= 4 is 17.8 Å². The van der Waals surface area contributed by atoms with Gasteiger partial charge >= 0.3 is 5.97 Å². The van der Waals surface area contributed by atoms with Gasteiger partial charge in [-0.25, -0.2) is 0 Å². The highest BCUT2D eigenvalue weighted by Gasteiger charge is 2.38. The molecule has 0 heterocycles. The lowest BCUT2D eigenvalue weighted by atomic mass is 10.0. The second kappa shape index (κ2) is 6.54. The minimum atomic E-state index is -0.941. The number of hydrogen-bond acceptors (Lipinski definition) is 3. The van der Waals surface area contributed by atoms with Crippen molar-refractivity contribution in [1.82, 2.24) is 10.6 Å². The number of carboxylic acids is 1. The third-order valence-corrected chi connectivity index (χ3v) is 3.63. The Morgan fingerprint density at radius 1 is 1.32 bits per heavy atom. The molecule has 0 radical (unpaired) electrons. The molecule has 4 atom stereocenters. The molecule has 6 heteroatoms. The first-order chi connectivity index (χ1) is 8.82. The van der Waals surface area contributed by atoms with E-state index in [-0.39, 0.29) is 24.2 Å². The van der Waals surface area contributed by atoms with Crippen molar-refractivity contribution in [2.45, 2.75) is 39.7 Å². The highest BCUT2D eigenvalue weighted by Crippen LogP contribution is 2.37. The summed E-state index contributed by atoms with van der Waals surface area (Å²) in [5.74, 6) is -1.26. The maximum atomic E-state index is 11.6. The molecule has 1 saturated carbocycles. The maximum Gasteiger partial charge on any atom is 0.308 e. The van der Waals surface area contributed by atoms with Gasteiger partial charge in [0.2, 0.25) is 11.8 Å². The normalized spacial score (nSPS) is 24.2. The zero-order chi connectivity index (χ0) is 14.6. The number of carbonyl (C=O) groups is 3. The fraction of sp³-hybridized carbons (Fsp3) is 0.769. The van der Waals surface area contributed by atoms with Gasteiger partial charge in [0.15, 0.2) is 0 Å². The summed E-state index contributed by atoms with van der Waals surface area (Å²) in [4.78, 5) is 33.8. The van der Waals surface area contributed by atoms with Crippen LogP contribution in [0.25, 0.3) is 0 Å². The van der Waals surface area contributed by atoms with Gasteiger partial charge in [-0.2, -0.15) is 0 Å². The lowest BCUT2D eigenvalue weighted by Gasteiger charge is -2.17. The SMILES string of the molecule is CC1CC1C(=O)NCCC(=O)NC(C)C(C)C(=O)O. The molecule has 3 N–H and O–H groups in total. The fourth-order valence-corrected chi connectivity index (χ4v) is 1.78. The van der Waals surface area contributed by atoms with Gasteiger partial charge in [-0.05, 0) is 26.2 Å². The summed E-state index contributed by atoms with van der Waals surface area (Å²) >= 11 is 0. The molecule has 0 saturated heterocycles. The molecule has 0 aromatic rings. The van der Waals surface area contributed by atoms with Crippen LogP contribution in [-0.4, -0.2) is 35.5 Å². The smallest absolute Gasteiger partial charge is 0.308 e. The topological polar surface area (TPSA) is 95.5 Å². The molecule has 0 spiro atoms. The Kier molecular flexibility index (Phi) is 5.32. The molecule has 6 nitrogen and oxygen atoms in total. The van der Waals surface area contributed by atoms with Gasteiger partial charge in [0, 0.05) is 24.9 Å². The van der Waals surface area contributed by atoms with Crippen LogP contribution in [-0.2, 0) is 14.4 Å². The van der Waals surface area contributed by atoms with E-state index >= 15 is 0 Å². The molecular formula is C13H22N2O4. The molecule has 1 rings (SSSR count). The van der Waals surface area contributed by atoms with Crippen molar-refractivity contribution in [1.29, 1.82) is 0 Å². The summed E-state index contributed by atoms with van der Waals surface area (Å²) in [6.45, 7) is 5.51. The summed E-state index contributed by atoms with van der Waals surface area (Å²) in [6.07, 6.45) is 1.09. The first-order valence-corrected chi connectivity index (χ1v) is 6.62. The van der Waals surface area contributed by atoms with Gasteiger partial charge in [-0.1, -0.05) is 6.92 Å². The van der Waals surface area contributed by atoms with E-state index in [4.69, 9.17) is 5.11 Å². The molecule has 0 bridgehead atoms. The van der Waals surface area contributed by atoms with Gasteiger partial charge in [-0.15, -0.1) is 0 Å². The minimum Gasteiger partial charge on any atom is -0.481 e. The molecule has 1 fully saturated rings. The first-order valence-electron chi connectivity index (χ1n) is 6.62. The highest BCUT2D eigenvalue weighted by molar-refractivity contribution is 5.82. The van der Waals surface area contributed by atoms with Crippen LogP contribution in [0.4, 0.5) is 0 Å². The van der Waals surface area contributed by atoms with Crippen molar-refractivity contribution in [2.75, 3.05) is 6.54 Å². The van der Waals surface area contributed by atoms with E-state index < -0.39 is 17.9 Å². The van der Waals surface area contributed by atoms with E-state index in [1.54, 1.807) is 13.8 Å². The molecular weight excluding hydrogens is 248 g/mol. The molecule has 1 aliphatic rings. The Morgan fingerprint density at radius 2 is 1.89 bits per heavy atom. The van der Waals surface area contributed by atoms with Crippen LogP contribution in [0.2, 0.25) is 0 Å². The Bertz CT molecular complexity index is 370. The summed E-state index contributed by atoms with van der Waals surface area (Å²) in [5.41, 5.74) is 0. The Balaban J connectivity index is 2.17. The van der Waals surface area contributed by atoms with Gasteiger partial charge in [0.25, 0.3) is 0 Å². The average Bonchev–Trinajstić information content (AvgIpc) is 3.05. The van der Waals surface area contributed by atoms with Crippen molar-refractivity contribution in [2.24, 2.45) is 17.8 Å². The first kappa shape index (κ1) is 15.5. The summed E-state index contributed by atoms with van der Waals surface area (Å²) in [7, 11) is 0. The number of carbonyl (C=O) groups excluding carboxylic acids is 2. The summed E-state index contributed by atoms with van der Waals surface area (Å²) < 4.78 is 0. The monoisotopic (exact) mass is 270 g/mol. The van der Waals surface area contributed by atoms with E-state index in [1.807, 2.05) is 6.92 Å². The molecule has 0 aliphatic heterocycles. The highest BCUT2D eigenvalue weighted by atomic mass is 16.4. The van der Waals surface area contributed by atoms with Gasteiger partial charge in [0.05, 0.1) is 5.92 Å². The van der Waals surface area contributed by atoms with Crippen molar-refractivity contribution in [3.05, 3.63) is 0 Å². The Hall–Kier alpha value is -1.59. The fourth-order valence-electron chi connectivity index (χ4n) is 1.78. The van der Waals surface area contributed by atoms with E-state index in [2.05, 4.69) is 10.6 Å². The van der Waals surface area contributed by atoms with E-state index in [0.717, 1.165) is 6.42 Å². The molecule has 4 unspecified atom stereocenters. The third-order valence-electron chi connectivity index (χ3n) is 3.63. The number of amides is 2. The van der Waals surface area contributed by atoms with Crippen molar-refractivity contribution in [3.8, 4) is 0 Å². The summed E-state index contributed by atoms with van der Waals surface area (Å²) in [6, 6.07) is -0.427. The molecule has 0 aromatic carbocycles. The molecule has 2 amide bonds.